The number of amides is 1. The van der Waals surface area contributed by atoms with Crippen LogP contribution in [-0.4, -0.2) is 17.1 Å². The number of furan rings is 1. The van der Waals surface area contributed by atoms with Gasteiger partial charge in [-0.25, -0.2) is 0 Å². The molecule has 0 saturated heterocycles. The largest absolute Gasteiger partial charge is 0.459 e. The maximum atomic E-state index is 11.7. The topological polar surface area (TPSA) is 54.3 Å². The van der Waals surface area contributed by atoms with Crippen molar-refractivity contribution in [2.45, 2.75) is 25.8 Å². The van der Waals surface area contributed by atoms with Gasteiger partial charge in [-0.3, -0.25) is 10.1 Å². The molecule has 1 atom stereocenters. The van der Waals surface area contributed by atoms with E-state index < -0.39 is 0 Å². The second kappa shape index (κ2) is 7.59. The zero-order valence-corrected chi connectivity index (χ0v) is 12.7. The highest BCUT2D eigenvalue weighted by Gasteiger charge is 2.11. The van der Waals surface area contributed by atoms with E-state index in [0.29, 0.717) is 5.11 Å². The Morgan fingerprint density at radius 1 is 1.24 bits per heavy atom. The highest BCUT2D eigenvalue weighted by molar-refractivity contribution is 7.80. The summed E-state index contributed by atoms with van der Waals surface area (Å²) >= 11 is 5.13. The van der Waals surface area contributed by atoms with Crippen molar-refractivity contribution in [3.05, 3.63) is 60.1 Å². The molecule has 2 N–H and O–H groups in total. The van der Waals surface area contributed by atoms with Crippen LogP contribution in [-0.2, 0) is 6.42 Å². The summed E-state index contributed by atoms with van der Waals surface area (Å²) in [5, 5.41) is 6.02. The molecule has 0 aliphatic rings. The van der Waals surface area contributed by atoms with Gasteiger partial charge in [0, 0.05) is 6.04 Å². The lowest BCUT2D eigenvalue weighted by Crippen LogP contribution is -2.43. The normalized spacial score (nSPS) is 11.7. The summed E-state index contributed by atoms with van der Waals surface area (Å²) in [6, 6.07) is 13.7. The average Bonchev–Trinajstić information content (AvgIpc) is 3.00. The lowest BCUT2D eigenvalue weighted by atomic mass is 10.1. The molecule has 0 fully saturated rings. The molecule has 0 radical (unpaired) electrons. The van der Waals surface area contributed by atoms with E-state index in [-0.39, 0.29) is 17.7 Å². The number of rotatable bonds is 5. The maximum Gasteiger partial charge on any atom is 0.293 e. The first kappa shape index (κ1) is 15.3. The van der Waals surface area contributed by atoms with Gasteiger partial charge in [-0.1, -0.05) is 30.3 Å². The molecule has 21 heavy (non-hydrogen) atoms. The minimum Gasteiger partial charge on any atom is -0.459 e. The molecule has 0 unspecified atom stereocenters. The van der Waals surface area contributed by atoms with Crippen molar-refractivity contribution in [1.29, 1.82) is 0 Å². The molecular formula is C16H18N2O2S. The van der Waals surface area contributed by atoms with Gasteiger partial charge >= 0.3 is 0 Å². The van der Waals surface area contributed by atoms with Crippen LogP contribution in [0.4, 0.5) is 0 Å². The first-order valence-corrected chi connectivity index (χ1v) is 7.25. The molecule has 4 nitrogen and oxygen atoms in total. The molecule has 5 heteroatoms. The van der Waals surface area contributed by atoms with Gasteiger partial charge in [-0.05, 0) is 49.7 Å². The van der Waals surface area contributed by atoms with E-state index in [0.717, 1.165) is 12.8 Å². The van der Waals surface area contributed by atoms with Gasteiger partial charge < -0.3 is 9.73 Å². The van der Waals surface area contributed by atoms with Crippen LogP contribution in [0.15, 0.2) is 53.1 Å². The minimum atomic E-state index is -0.340. The summed E-state index contributed by atoms with van der Waals surface area (Å²) in [6.45, 7) is 2.04. The third-order valence-corrected chi connectivity index (χ3v) is 3.28. The Balaban J connectivity index is 1.73. The number of nitrogens with one attached hydrogen (secondary N) is 2. The molecule has 1 aromatic heterocycles. The van der Waals surface area contributed by atoms with Crippen molar-refractivity contribution in [2.24, 2.45) is 0 Å². The predicted molar refractivity (Wildman–Crippen MR) is 86.1 cm³/mol. The summed E-state index contributed by atoms with van der Waals surface area (Å²) in [5.74, 6) is -0.0937. The van der Waals surface area contributed by atoms with Crippen LogP contribution in [0.3, 0.4) is 0 Å². The Morgan fingerprint density at radius 2 is 2.00 bits per heavy atom. The lowest BCUT2D eigenvalue weighted by Gasteiger charge is -2.16. The zero-order valence-electron chi connectivity index (χ0n) is 11.8. The fraction of sp³-hybridized carbons (Fsp3) is 0.250. The van der Waals surface area contributed by atoms with Gasteiger partial charge in [0.05, 0.1) is 6.26 Å². The van der Waals surface area contributed by atoms with Crippen LogP contribution >= 0.6 is 12.2 Å². The number of hydrogen-bond acceptors (Lipinski definition) is 3. The Hall–Kier alpha value is -2.14. The van der Waals surface area contributed by atoms with Crippen LogP contribution in [0.1, 0.15) is 29.5 Å². The molecule has 1 heterocycles. The summed E-state index contributed by atoms with van der Waals surface area (Å²) in [7, 11) is 0. The van der Waals surface area contributed by atoms with E-state index in [1.54, 1.807) is 12.1 Å². The molecule has 0 saturated carbocycles. The first-order chi connectivity index (χ1) is 10.1. The Kier molecular flexibility index (Phi) is 5.51. The second-order valence-corrected chi connectivity index (χ2v) is 5.24. The molecule has 0 spiro atoms. The number of carbonyl (C=O) groups is 1. The van der Waals surface area contributed by atoms with Gasteiger partial charge in [0.15, 0.2) is 10.9 Å². The van der Waals surface area contributed by atoms with Crippen molar-refractivity contribution in [3.8, 4) is 0 Å². The highest BCUT2D eigenvalue weighted by atomic mass is 32.1. The Bertz CT molecular complexity index is 582. The molecule has 1 aromatic carbocycles. The van der Waals surface area contributed by atoms with Gasteiger partial charge in [0.1, 0.15) is 0 Å². The van der Waals surface area contributed by atoms with E-state index in [1.807, 2.05) is 25.1 Å². The molecule has 110 valence electrons. The van der Waals surface area contributed by atoms with Gasteiger partial charge in [-0.15, -0.1) is 0 Å². The van der Waals surface area contributed by atoms with E-state index in [4.69, 9.17) is 16.6 Å². The number of carbonyl (C=O) groups excluding carboxylic acids is 1. The minimum absolute atomic E-state index is 0.176. The third kappa shape index (κ3) is 5.04. The molecule has 2 rings (SSSR count). The SMILES string of the molecule is C[C@H](CCc1ccccc1)NC(=S)NC(=O)c1ccco1. The number of benzene rings is 1. The molecule has 0 aliphatic carbocycles. The third-order valence-electron chi connectivity index (χ3n) is 3.06. The van der Waals surface area contributed by atoms with Crippen molar-refractivity contribution >= 4 is 23.2 Å². The molecule has 2 aromatic rings. The summed E-state index contributed by atoms with van der Waals surface area (Å²) in [6.07, 6.45) is 3.35. The van der Waals surface area contributed by atoms with Gasteiger partial charge in [0.2, 0.25) is 0 Å². The monoisotopic (exact) mass is 302 g/mol. The molecular weight excluding hydrogens is 284 g/mol. The number of aryl methyl sites for hydroxylation is 1. The fourth-order valence-electron chi connectivity index (χ4n) is 1.93. The maximum absolute atomic E-state index is 11.7. The van der Waals surface area contributed by atoms with E-state index in [9.17, 15) is 4.79 Å². The van der Waals surface area contributed by atoms with Crippen LogP contribution in [0, 0.1) is 0 Å². The average molecular weight is 302 g/mol. The smallest absolute Gasteiger partial charge is 0.293 e. The Morgan fingerprint density at radius 3 is 2.67 bits per heavy atom. The van der Waals surface area contributed by atoms with Crippen LogP contribution in [0.5, 0.6) is 0 Å². The van der Waals surface area contributed by atoms with Gasteiger partial charge in [-0.2, -0.15) is 0 Å². The van der Waals surface area contributed by atoms with Crippen molar-refractivity contribution in [3.63, 3.8) is 0 Å². The van der Waals surface area contributed by atoms with Gasteiger partial charge in [0.25, 0.3) is 5.91 Å². The van der Waals surface area contributed by atoms with E-state index in [2.05, 4.69) is 22.8 Å². The number of hydrogen-bond donors (Lipinski definition) is 2. The van der Waals surface area contributed by atoms with Crippen LogP contribution < -0.4 is 10.6 Å². The summed E-state index contributed by atoms with van der Waals surface area (Å²) in [4.78, 5) is 11.7. The second-order valence-electron chi connectivity index (χ2n) is 4.83. The standard InChI is InChI=1S/C16H18N2O2S/c1-12(9-10-13-6-3-2-4-7-13)17-16(21)18-15(19)14-8-5-11-20-14/h2-8,11-12H,9-10H2,1H3,(H2,17,18,19,21)/t12-/m1/s1. The van der Waals surface area contributed by atoms with Crippen molar-refractivity contribution in [2.75, 3.05) is 0 Å². The lowest BCUT2D eigenvalue weighted by molar-refractivity contribution is 0.0949. The molecule has 0 aliphatic heterocycles. The van der Waals surface area contributed by atoms with E-state index >= 15 is 0 Å². The summed E-state index contributed by atoms with van der Waals surface area (Å²) in [5.41, 5.74) is 1.29. The fourth-order valence-corrected chi connectivity index (χ4v) is 2.23. The first-order valence-electron chi connectivity index (χ1n) is 6.84. The van der Waals surface area contributed by atoms with Crippen LogP contribution in [0.25, 0.3) is 0 Å². The Labute approximate surface area is 129 Å². The van der Waals surface area contributed by atoms with Crippen LogP contribution in [0.2, 0.25) is 0 Å². The molecule has 0 bridgehead atoms. The molecule has 1 amide bonds. The summed E-state index contributed by atoms with van der Waals surface area (Å²) < 4.78 is 5.01. The van der Waals surface area contributed by atoms with Crippen molar-refractivity contribution < 1.29 is 9.21 Å². The number of thiocarbonyl (C=S) groups is 1. The highest BCUT2D eigenvalue weighted by Crippen LogP contribution is 2.05. The predicted octanol–water partition coefficient (Wildman–Crippen LogP) is 2.91. The zero-order chi connectivity index (χ0) is 15.1. The van der Waals surface area contributed by atoms with Crippen molar-refractivity contribution in [1.82, 2.24) is 10.6 Å². The van der Waals surface area contributed by atoms with E-state index in [1.165, 1.54) is 11.8 Å². The quantitative estimate of drug-likeness (QED) is 0.834.